The Balaban J connectivity index is 1.76. The molecule has 118 valence electrons. The van der Waals surface area contributed by atoms with E-state index in [-0.39, 0.29) is 12.4 Å². The number of fused-ring (bicyclic) bond motifs is 1. The quantitative estimate of drug-likeness (QED) is 0.611. The Morgan fingerprint density at radius 2 is 1.67 bits per heavy atom. The number of aliphatic hydroxyl groups excluding tert-OH is 1. The average molecular weight is 318 g/mol. The Morgan fingerprint density at radius 1 is 0.875 bits per heavy atom. The van der Waals surface area contributed by atoms with Gasteiger partial charge in [-0.3, -0.25) is 0 Å². The number of aromatic nitrogens is 2. The van der Waals surface area contributed by atoms with E-state index in [9.17, 15) is 9.50 Å². The molecule has 4 heteroatoms. The standard InChI is InChI=1S/C20H15FN2O/c21-18-6-4-15(5-7-18)20-12-19-11-17(8-9-23(19)22-20)16-3-1-2-14(10-16)13-24/h1-12,24H,13H2. The topological polar surface area (TPSA) is 37.5 Å². The second kappa shape index (κ2) is 5.91. The van der Waals surface area contributed by atoms with Crippen LogP contribution in [0.25, 0.3) is 27.9 Å². The van der Waals surface area contributed by atoms with E-state index in [2.05, 4.69) is 11.2 Å². The van der Waals surface area contributed by atoms with Gasteiger partial charge in [-0.25, -0.2) is 8.91 Å². The number of pyridine rings is 1. The van der Waals surface area contributed by atoms with Crippen LogP contribution in [0.1, 0.15) is 5.56 Å². The fraction of sp³-hybridized carbons (Fsp3) is 0.0500. The lowest BCUT2D eigenvalue weighted by Gasteiger charge is -2.04. The minimum atomic E-state index is -0.256. The molecule has 2 aromatic heterocycles. The molecule has 0 saturated heterocycles. The summed E-state index contributed by atoms with van der Waals surface area (Å²) in [5.74, 6) is -0.256. The maximum Gasteiger partial charge on any atom is 0.123 e. The van der Waals surface area contributed by atoms with Crippen LogP contribution < -0.4 is 0 Å². The molecule has 0 saturated carbocycles. The van der Waals surface area contributed by atoms with Crippen molar-refractivity contribution < 1.29 is 9.50 Å². The van der Waals surface area contributed by atoms with Gasteiger partial charge in [0.1, 0.15) is 5.82 Å². The molecule has 2 heterocycles. The van der Waals surface area contributed by atoms with E-state index in [1.165, 1.54) is 12.1 Å². The number of hydrogen-bond acceptors (Lipinski definition) is 2. The monoisotopic (exact) mass is 318 g/mol. The molecule has 4 aromatic rings. The number of hydrogen-bond donors (Lipinski definition) is 1. The fourth-order valence-electron chi connectivity index (χ4n) is 2.78. The summed E-state index contributed by atoms with van der Waals surface area (Å²) in [6, 6.07) is 20.2. The molecule has 2 aromatic carbocycles. The summed E-state index contributed by atoms with van der Waals surface area (Å²) in [5, 5.41) is 13.8. The molecule has 0 atom stereocenters. The maximum atomic E-state index is 13.1. The summed E-state index contributed by atoms with van der Waals surface area (Å²) in [6.45, 7) is 0.0253. The van der Waals surface area contributed by atoms with Gasteiger partial charge in [0.15, 0.2) is 0 Å². The molecule has 1 N–H and O–H groups in total. The first-order valence-corrected chi connectivity index (χ1v) is 7.68. The summed E-state index contributed by atoms with van der Waals surface area (Å²) in [4.78, 5) is 0. The highest BCUT2D eigenvalue weighted by Gasteiger charge is 2.07. The lowest BCUT2D eigenvalue weighted by Crippen LogP contribution is -1.89. The molecular formula is C20H15FN2O. The molecule has 24 heavy (non-hydrogen) atoms. The second-order valence-corrected chi connectivity index (χ2v) is 5.68. The van der Waals surface area contributed by atoms with Crippen molar-refractivity contribution in [3.05, 3.63) is 84.3 Å². The van der Waals surface area contributed by atoms with Gasteiger partial charge in [0.05, 0.1) is 17.8 Å². The normalized spacial score (nSPS) is 11.1. The van der Waals surface area contributed by atoms with Crippen LogP contribution in [-0.2, 0) is 6.61 Å². The Hall–Kier alpha value is -2.98. The second-order valence-electron chi connectivity index (χ2n) is 5.68. The van der Waals surface area contributed by atoms with E-state index >= 15 is 0 Å². The first kappa shape index (κ1) is 14.6. The third kappa shape index (κ3) is 2.68. The Bertz CT molecular complexity index is 1010. The maximum absolute atomic E-state index is 13.1. The van der Waals surface area contributed by atoms with Gasteiger partial charge >= 0.3 is 0 Å². The van der Waals surface area contributed by atoms with E-state index in [1.807, 2.05) is 42.6 Å². The summed E-state index contributed by atoms with van der Waals surface area (Å²) >= 11 is 0. The predicted molar refractivity (Wildman–Crippen MR) is 91.9 cm³/mol. The molecule has 0 aliphatic carbocycles. The zero-order chi connectivity index (χ0) is 16.5. The van der Waals surface area contributed by atoms with Crippen molar-refractivity contribution in [3.63, 3.8) is 0 Å². The van der Waals surface area contributed by atoms with E-state index in [0.29, 0.717) is 0 Å². The van der Waals surface area contributed by atoms with Gasteiger partial charge in [0.2, 0.25) is 0 Å². The zero-order valence-corrected chi connectivity index (χ0v) is 12.9. The average Bonchev–Trinajstić information content (AvgIpc) is 3.05. The highest BCUT2D eigenvalue weighted by Crippen LogP contribution is 2.25. The molecule has 0 radical (unpaired) electrons. The van der Waals surface area contributed by atoms with Crippen molar-refractivity contribution in [2.24, 2.45) is 0 Å². The molecule has 3 nitrogen and oxygen atoms in total. The predicted octanol–water partition coefficient (Wildman–Crippen LogP) is 4.30. The number of halogens is 1. The van der Waals surface area contributed by atoms with Gasteiger partial charge < -0.3 is 5.11 Å². The molecule has 0 aliphatic rings. The van der Waals surface area contributed by atoms with Crippen molar-refractivity contribution >= 4 is 5.52 Å². The van der Waals surface area contributed by atoms with Gasteiger partial charge in [-0.15, -0.1) is 0 Å². The molecule has 0 bridgehead atoms. The van der Waals surface area contributed by atoms with Crippen molar-refractivity contribution in [2.45, 2.75) is 6.61 Å². The van der Waals surface area contributed by atoms with Crippen LogP contribution in [0.3, 0.4) is 0 Å². The van der Waals surface area contributed by atoms with Crippen LogP contribution in [-0.4, -0.2) is 14.7 Å². The summed E-state index contributed by atoms with van der Waals surface area (Å²) in [6.07, 6.45) is 1.91. The van der Waals surface area contributed by atoms with Crippen LogP contribution in [0.5, 0.6) is 0 Å². The van der Waals surface area contributed by atoms with Crippen LogP contribution >= 0.6 is 0 Å². The molecule has 0 fully saturated rings. The van der Waals surface area contributed by atoms with E-state index < -0.39 is 0 Å². The Kier molecular flexibility index (Phi) is 3.59. The molecule has 0 unspecified atom stereocenters. The van der Waals surface area contributed by atoms with Gasteiger partial charge in [0, 0.05) is 11.8 Å². The number of rotatable bonds is 3. The summed E-state index contributed by atoms with van der Waals surface area (Å²) < 4.78 is 14.9. The third-order valence-corrected chi connectivity index (χ3v) is 4.05. The zero-order valence-electron chi connectivity index (χ0n) is 12.9. The minimum absolute atomic E-state index is 0.0253. The van der Waals surface area contributed by atoms with Gasteiger partial charge in [-0.1, -0.05) is 18.2 Å². The summed E-state index contributed by atoms with van der Waals surface area (Å²) in [5.41, 5.74) is 5.63. The number of benzene rings is 2. The smallest absolute Gasteiger partial charge is 0.123 e. The van der Waals surface area contributed by atoms with Gasteiger partial charge in [0.25, 0.3) is 0 Å². The minimum Gasteiger partial charge on any atom is -0.392 e. The van der Waals surface area contributed by atoms with Crippen LogP contribution in [0, 0.1) is 5.82 Å². The van der Waals surface area contributed by atoms with Crippen LogP contribution in [0.4, 0.5) is 4.39 Å². The van der Waals surface area contributed by atoms with E-state index in [1.54, 1.807) is 16.6 Å². The van der Waals surface area contributed by atoms with Crippen LogP contribution in [0.2, 0.25) is 0 Å². The van der Waals surface area contributed by atoms with Crippen molar-refractivity contribution in [1.29, 1.82) is 0 Å². The highest BCUT2D eigenvalue weighted by molar-refractivity contribution is 5.72. The van der Waals surface area contributed by atoms with Crippen LogP contribution in [0.15, 0.2) is 72.9 Å². The SMILES string of the molecule is OCc1cccc(-c2ccn3nc(-c4ccc(F)cc4)cc3c2)c1. The number of nitrogens with zero attached hydrogens (tertiary/aromatic N) is 2. The molecule has 0 amide bonds. The van der Waals surface area contributed by atoms with Crippen molar-refractivity contribution in [3.8, 4) is 22.4 Å². The fourth-order valence-corrected chi connectivity index (χ4v) is 2.78. The van der Waals surface area contributed by atoms with Crippen molar-refractivity contribution in [1.82, 2.24) is 9.61 Å². The lowest BCUT2D eigenvalue weighted by atomic mass is 10.0. The first-order chi connectivity index (χ1) is 11.7. The molecular weight excluding hydrogens is 303 g/mol. The summed E-state index contributed by atoms with van der Waals surface area (Å²) in [7, 11) is 0. The Morgan fingerprint density at radius 3 is 2.46 bits per heavy atom. The third-order valence-electron chi connectivity index (χ3n) is 4.05. The van der Waals surface area contributed by atoms with Gasteiger partial charge in [-0.05, 0) is 65.2 Å². The molecule has 0 aliphatic heterocycles. The lowest BCUT2D eigenvalue weighted by molar-refractivity contribution is 0.282. The number of aliphatic hydroxyl groups is 1. The van der Waals surface area contributed by atoms with E-state index in [0.717, 1.165) is 33.5 Å². The van der Waals surface area contributed by atoms with E-state index in [4.69, 9.17) is 0 Å². The van der Waals surface area contributed by atoms with Crippen molar-refractivity contribution in [2.75, 3.05) is 0 Å². The molecule has 0 spiro atoms. The Labute approximate surface area is 138 Å². The molecule has 4 rings (SSSR count). The largest absolute Gasteiger partial charge is 0.392 e. The van der Waals surface area contributed by atoms with Gasteiger partial charge in [-0.2, -0.15) is 5.10 Å². The first-order valence-electron chi connectivity index (χ1n) is 7.68. The highest BCUT2D eigenvalue weighted by atomic mass is 19.1.